The molecular formula is C5H5F6NS. The van der Waals surface area contributed by atoms with Crippen molar-refractivity contribution in [1.29, 1.82) is 0 Å². The first-order chi connectivity index (χ1) is 5.71. The molecule has 0 bridgehead atoms. The molecule has 1 heterocycles. The van der Waals surface area contributed by atoms with Gasteiger partial charge in [-0.1, -0.05) is 0 Å². The second-order valence-corrected chi connectivity index (χ2v) is 3.76. The van der Waals surface area contributed by atoms with E-state index in [0.717, 1.165) is 0 Å². The van der Waals surface area contributed by atoms with Crippen LogP contribution in [0.4, 0.5) is 26.3 Å². The average molecular weight is 225 g/mol. The first kappa shape index (κ1) is 11.0. The van der Waals surface area contributed by atoms with E-state index in [2.05, 4.69) is 0 Å². The second-order valence-electron chi connectivity index (χ2n) is 2.45. The highest BCUT2D eigenvalue weighted by molar-refractivity contribution is 8.01. The van der Waals surface area contributed by atoms with Gasteiger partial charge < -0.3 is 0 Å². The minimum atomic E-state index is -5.31. The van der Waals surface area contributed by atoms with Crippen LogP contribution in [0.25, 0.3) is 0 Å². The quantitative estimate of drug-likeness (QED) is 0.634. The summed E-state index contributed by atoms with van der Waals surface area (Å²) < 4.78 is 72.7. The van der Waals surface area contributed by atoms with E-state index >= 15 is 0 Å². The van der Waals surface area contributed by atoms with Crippen molar-refractivity contribution in [3.05, 3.63) is 0 Å². The van der Waals surface area contributed by atoms with Crippen LogP contribution in [0.2, 0.25) is 0 Å². The Morgan fingerprint density at radius 1 is 1.00 bits per heavy atom. The third-order valence-electron chi connectivity index (χ3n) is 1.59. The number of hydrogen-bond acceptors (Lipinski definition) is 2. The predicted molar refractivity (Wildman–Crippen MR) is 35.3 cm³/mol. The molecule has 78 valence electrons. The van der Waals surface area contributed by atoms with Gasteiger partial charge >= 0.3 is 12.4 Å². The molecule has 1 fully saturated rings. The summed E-state index contributed by atoms with van der Waals surface area (Å²) >= 11 is -0.157. The van der Waals surface area contributed by atoms with Gasteiger partial charge in [0.25, 0.3) is 4.87 Å². The molecule has 0 aromatic heterocycles. The maximum Gasteiger partial charge on any atom is 0.425 e. The summed E-state index contributed by atoms with van der Waals surface area (Å²) in [7, 11) is 0. The molecule has 0 aromatic carbocycles. The third kappa shape index (κ3) is 1.61. The molecule has 1 N–H and O–H groups in total. The van der Waals surface area contributed by atoms with E-state index in [1.165, 1.54) is 5.32 Å². The van der Waals surface area contributed by atoms with E-state index in [1.54, 1.807) is 0 Å². The van der Waals surface area contributed by atoms with Crippen molar-refractivity contribution in [2.75, 3.05) is 12.3 Å². The van der Waals surface area contributed by atoms with Crippen LogP contribution in [-0.2, 0) is 0 Å². The number of halogens is 6. The minimum absolute atomic E-state index is 0.157. The van der Waals surface area contributed by atoms with Crippen molar-refractivity contribution in [1.82, 2.24) is 5.32 Å². The molecule has 1 rings (SSSR count). The summed E-state index contributed by atoms with van der Waals surface area (Å²) in [5.74, 6) is -0.195. The van der Waals surface area contributed by atoms with Crippen molar-refractivity contribution < 1.29 is 26.3 Å². The van der Waals surface area contributed by atoms with Gasteiger partial charge in [-0.3, -0.25) is 5.32 Å². The molecule has 0 radical (unpaired) electrons. The Morgan fingerprint density at radius 2 is 1.46 bits per heavy atom. The zero-order valence-corrected chi connectivity index (χ0v) is 6.91. The fourth-order valence-corrected chi connectivity index (χ4v) is 2.05. The van der Waals surface area contributed by atoms with E-state index in [-0.39, 0.29) is 24.1 Å². The van der Waals surface area contributed by atoms with Gasteiger partial charge in [-0.05, 0) is 0 Å². The smallest absolute Gasteiger partial charge is 0.287 e. The fourth-order valence-electron chi connectivity index (χ4n) is 1.01. The summed E-state index contributed by atoms with van der Waals surface area (Å²) in [6, 6.07) is 0. The number of hydrogen-bond donors (Lipinski definition) is 1. The lowest BCUT2D eigenvalue weighted by atomic mass is 10.2. The SMILES string of the molecule is FC(F)(F)C1(C(F)(F)F)NCCS1. The summed E-state index contributed by atoms with van der Waals surface area (Å²) in [6.07, 6.45) is -10.6. The molecule has 1 saturated heterocycles. The largest absolute Gasteiger partial charge is 0.425 e. The maximum atomic E-state index is 12.1. The molecule has 0 aromatic rings. The first-order valence-corrected chi connectivity index (χ1v) is 4.22. The molecule has 0 atom stereocenters. The Labute approximate surface area is 73.9 Å². The van der Waals surface area contributed by atoms with Crippen LogP contribution in [0.15, 0.2) is 0 Å². The van der Waals surface area contributed by atoms with Gasteiger partial charge in [0, 0.05) is 12.3 Å². The molecule has 8 heteroatoms. The van der Waals surface area contributed by atoms with Gasteiger partial charge in [0.1, 0.15) is 0 Å². The maximum absolute atomic E-state index is 12.1. The van der Waals surface area contributed by atoms with Crippen molar-refractivity contribution >= 4 is 11.8 Å². The van der Waals surface area contributed by atoms with Crippen LogP contribution < -0.4 is 5.32 Å². The highest BCUT2D eigenvalue weighted by Crippen LogP contribution is 2.51. The van der Waals surface area contributed by atoms with Crippen LogP contribution >= 0.6 is 11.8 Å². The molecule has 1 aliphatic heterocycles. The third-order valence-corrected chi connectivity index (χ3v) is 3.04. The Hall–Kier alpha value is -0.110. The zero-order valence-electron chi connectivity index (χ0n) is 6.09. The molecule has 0 amide bonds. The summed E-state index contributed by atoms with van der Waals surface area (Å²) in [5, 5.41) is 1.46. The lowest BCUT2D eigenvalue weighted by Crippen LogP contribution is -2.60. The molecule has 1 aliphatic rings. The topological polar surface area (TPSA) is 12.0 Å². The van der Waals surface area contributed by atoms with E-state index in [1.807, 2.05) is 0 Å². The number of rotatable bonds is 0. The Kier molecular flexibility index (Phi) is 2.48. The highest BCUT2D eigenvalue weighted by atomic mass is 32.2. The molecule has 0 spiro atoms. The predicted octanol–water partition coefficient (Wildman–Crippen LogP) is 2.14. The molecule has 1 nitrogen and oxygen atoms in total. The Balaban J connectivity index is 3.02. The summed E-state index contributed by atoms with van der Waals surface area (Å²) in [5.41, 5.74) is 0. The van der Waals surface area contributed by atoms with Crippen molar-refractivity contribution in [3.8, 4) is 0 Å². The Morgan fingerprint density at radius 3 is 1.62 bits per heavy atom. The highest BCUT2D eigenvalue weighted by Gasteiger charge is 2.72. The van der Waals surface area contributed by atoms with Gasteiger partial charge in [-0.25, -0.2) is 0 Å². The second kappa shape index (κ2) is 2.94. The molecular weight excluding hydrogens is 220 g/mol. The van der Waals surface area contributed by atoms with E-state index < -0.39 is 17.2 Å². The first-order valence-electron chi connectivity index (χ1n) is 3.23. The zero-order chi connectivity index (χ0) is 10.3. The van der Waals surface area contributed by atoms with E-state index in [4.69, 9.17) is 0 Å². The molecule has 0 aliphatic carbocycles. The number of thioether (sulfide) groups is 1. The van der Waals surface area contributed by atoms with Crippen molar-refractivity contribution in [3.63, 3.8) is 0 Å². The van der Waals surface area contributed by atoms with Crippen LogP contribution in [0, 0.1) is 0 Å². The van der Waals surface area contributed by atoms with Crippen LogP contribution in [0.5, 0.6) is 0 Å². The van der Waals surface area contributed by atoms with Crippen molar-refractivity contribution in [2.45, 2.75) is 17.2 Å². The molecule has 0 unspecified atom stereocenters. The van der Waals surface area contributed by atoms with Crippen LogP contribution in [-0.4, -0.2) is 29.5 Å². The molecule has 0 saturated carbocycles. The van der Waals surface area contributed by atoms with Gasteiger partial charge in [-0.15, -0.1) is 11.8 Å². The number of alkyl halides is 6. The summed E-state index contributed by atoms with van der Waals surface area (Å²) in [4.78, 5) is -3.76. The van der Waals surface area contributed by atoms with Gasteiger partial charge in [0.15, 0.2) is 0 Å². The van der Waals surface area contributed by atoms with Gasteiger partial charge in [-0.2, -0.15) is 26.3 Å². The monoisotopic (exact) mass is 225 g/mol. The van der Waals surface area contributed by atoms with Crippen LogP contribution in [0.1, 0.15) is 0 Å². The Bertz CT molecular complexity index is 174. The van der Waals surface area contributed by atoms with Gasteiger partial charge in [0.05, 0.1) is 0 Å². The van der Waals surface area contributed by atoms with E-state index in [0.29, 0.717) is 0 Å². The normalized spacial score (nSPS) is 23.5. The lowest BCUT2D eigenvalue weighted by Gasteiger charge is -2.32. The average Bonchev–Trinajstić information content (AvgIpc) is 2.28. The fraction of sp³-hybridized carbons (Fsp3) is 1.00. The summed E-state index contributed by atoms with van der Waals surface area (Å²) in [6.45, 7) is -0.288. The number of nitrogens with one attached hydrogen (secondary N) is 1. The standard InChI is InChI=1S/C5H5F6NS/c6-4(7,8)3(5(9,10)11)12-1-2-13-3/h12H,1-2H2. The van der Waals surface area contributed by atoms with Gasteiger partial charge in [0.2, 0.25) is 0 Å². The van der Waals surface area contributed by atoms with E-state index in [9.17, 15) is 26.3 Å². The lowest BCUT2D eigenvalue weighted by molar-refractivity contribution is -0.271. The minimum Gasteiger partial charge on any atom is -0.287 e. The van der Waals surface area contributed by atoms with Crippen molar-refractivity contribution in [2.24, 2.45) is 0 Å². The van der Waals surface area contributed by atoms with Crippen LogP contribution in [0.3, 0.4) is 0 Å². The molecule has 13 heavy (non-hydrogen) atoms.